The minimum absolute atomic E-state index is 0.153. The molecule has 4 nitrogen and oxygen atoms in total. The Bertz CT molecular complexity index is 141. The first kappa shape index (κ1) is 9.92. The Hall–Kier alpha value is -0.160. The second-order valence-corrected chi connectivity index (χ2v) is 3.53. The van der Waals surface area contributed by atoms with Crippen LogP contribution in [0.5, 0.6) is 0 Å². The number of hydrogen-bond donors (Lipinski definition) is 3. The molecule has 0 aromatic heterocycles. The quantitative estimate of drug-likeness (QED) is 0.501. The van der Waals surface area contributed by atoms with Crippen LogP contribution >= 0.6 is 0 Å². The van der Waals surface area contributed by atoms with Gasteiger partial charge in [0.25, 0.3) is 0 Å². The molecule has 4 heteroatoms. The molecule has 0 amide bonds. The van der Waals surface area contributed by atoms with Crippen LogP contribution in [0.3, 0.4) is 0 Å². The van der Waals surface area contributed by atoms with Gasteiger partial charge in [-0.1, -0.05) is 0 Å². The molecular formula is C8H18N2O2. The van der Waals surface area contributed by atoms with Crippen molar-refractivity contribution in [2.45, 2.75) is 18.4 Å². The number of β-amino-alcohol motifs (C(OH)–C–C–N with tert-alkyl or cyclic N) is 2. The SMILES string of the molecule is NCC1(O)CCCN(CCO)C1. The summed E-state index contributed by atoms with van der Waals surface area (Å²) < 4.78 is 0. The van der Waals surface area contributed by atoms with Crippen LogP contribution in [0.15, 0.2) is 0 Å². The molecule has 1 heterocycles. The van der Waals surface area contributed by atoms with Crippen LogP contribution in [0.4, 0.5) is 0 Å². The maximum atomic E-state index is 9.83. The molecule has 12 heavy (non-hydrogen) atoms. The molecule has 1 unspecified atom stereocenters. The van der Waals surface area contributed by atoms with Gasteiger partial charge in [0.2, 0.25) is 0 Å². The van der Waals surface area contributed by atoms with E-state index >= 15 is 0 Å². The van der Waals surface area contributed by atoms with E-state index < -0.39 is 5.60 Å². The van der Waals surface area contributed by atoms with E-state index in [1.165, 1.54) is 0 Å². The highest BCUT2D eigenvalue weighted by Gasteiger charge is 2.31. The topological polar surface area (TPSA) is 69.7 Å². The Morgan fingerprint density at radius 1 is 1.50 bits per heavy atom. The molecule has 1 saturated heterocycles. The second kappa shape index (κ2) is 4.18. The van der Waals surface area contributed by atoms with Gasteiger partial charge in [0.1, 0.15) is 0 Å². The van der Waals surface area contributed by atoms with E-state index in [-0.39, 0.29) is 6.61 Å². The van der Waals surface area contributed by atoms with E-state index in [9.17, 15) is 5.11 Å². The Labute approximate surface area is 73.0 Å². The number of nitrogens with two attached hydrogens (primary N) is 1. The molecule has 1 aliphatic rings. The van der Waals surface area contributed by atoms with Gasteiger partial charge < -0.3 is 15.9 Å². The first-order valence-corrected chi connectivity index (χ1v) is 4.46. The van der Waals surface area contributed by atoms with Crippen molar-refractivity contribution in [3.63, 3.8) is 0 Å². The summed E-state index contributed by atoms with van der Waals surface area (Å²) in [5, 5.41) is 18.5. The molecule has 72 valence electrons. The minimum atomic E-state index is -0.715. The predicted octanol–water partition coefficient (Wildman–Crippen LogP) is -1.24. The molecule has 0 aliphatic carbocycles. The van der Waals surface area contributed by atoms with E-state index in [0.29, 0.717) is 19.6 Å². The van der Waals surface area contributed by atoms with Crippen LogP contribution in [0.25, 0.3) is 0 Å². The molecular weight excluding hydrogens is 156 g/mol. The number of hydrogen-bond acceptors (Lipinski definition) is 4. The number of aliphatic hydroxyl groups is 2. The summed E-state index contributed by atoms with van der Waals surface area (Å²) in [6.45, 7) is 2.67. The first-order valence-electron chi connectivity index (χ1n) is 4.46. The van der Waals surface area contributed by atoms with Crippen molar-refractivity contribution in [3.8, 4) is 0 Å². The summed E-state index contributed by atoms with van der Waals surface area (Å²) in [6, 6.07) is 0. The lowest BCUT2D eigenvalue weighted by Crippen LogP contribution is -2.52. The predicted molar refractivity (Wildman–Crippen MR) is 46.8 cm³/mol. The maximum absolute atomic E-state index is 9.83. The lowest BCUT2D eigenvalue weighted by Gasteiger charge is -2.38. The second-order valence-electron chi connectivity index (χ2n) is 3.53. The molecule has 1 rings (SSSR count). The third-order valence-electron chi connectivity index (χ3n) is 2.43. The first-order chi connectivity index (χ1) is 5.70. The van der Waals surface area contributed by atoms with Crippen molar-refractivity contribution < 1.29 is 10.2 Å². The van der Waals surface area contributed by atoms with Gasteiger partial charge >= 0.3 is 0 Å². The summed E-state index contributed by atoms with van der Waals surface area (Å²) in [6.07, 6.45) is 1.75. The van der Waals surface area contributed by atoms with Gasteiger partial charge in [0.05, 0.1) is 12.2 Å². The van der Waals surface area contributed by atoms with Crippen LogP contribution in [0.1, 0.15) is 12.8 Å². The summed E-state index contributed by atoms with van der Waals surface area (Å²) in [5.74, 6) is 0. The average molecular weight is 174 g/mol. The molecule has 0 bridgehead atoms. The third kappa shape index (κ3) is 2.42. The van der Waals surface area contributed by atoms with Crippen LogP contribution in [-0.2, 0) is 0 Å². The third-order valence-corrected chi connectivity index (χ3v) is 2.43. The van der Waals surface area contributed by atoms with Crippen molar-refractivity contribution in [2.24, 2.45) is 5.73 Å². The highest BCUT2D eigenvalue weighted by Crippen LogP contribution is 2.19. The van der Waals surface area contributed by atoms with Gasteiger partial charge in [-0.15, -0.1) is 0 Å². The Kier molecular flexibility index (Phi) is 3.46. The smallest absolute Gasteiger partial charge is 0.0895 e. The van der Waals surface area contributed by atoms with Gasteiger partial charge in [-0.25, -0.2) is 0 Å². The highest BCUT2D eigenvalue weighted by molar-refractivity contribution is 4.87. The van der Waals surface area contributed by atoms with Crippen molar-refractivity contribution >= 4 is 0 Å². The van der Waals surface area contributed by atoms with E-state index in [2.05, 4.69) is 4.90 Å². The lowest BCUT2D eigenvalue weighted by molar-refractivity contribution is -0.0266. The zero-order valence-electron chi connectivity index (χ0n) is 7.37. The standard InChI is InChI=1S/C8H18N2O2/c9-6-8(12)2-1-3-10(7-8)4-5-11/h11-12H,1-7,9H2. The summed E-state index contributed by atoms with van der Waals surface area (Å²) in [4.78, 5) is 2.05. The van der Waals surface area contributed by atoms with Crippen LogP contribution in [0.2, 0.25) is 0 Å². The number of nitrogens with zero attached hydrogens (tertiary/aromatic N) is 1. The molecule has 1 aliphatic heterocycles. The molecule has 0 aromatic carbocycles. The zero-order chi connectivity index (χ0) is 9.03. The Morgan fingerprint density at radius 3 is 2.83 bits per heavy atom. The molecule has 4 N–H and O–H groups in total. The highest BCUT2D eigenvalue weighted by atomic mass is 16.3. The number of piperidine rings is 1. The summed E-state index contributed by atoms with van der Waals surface area (Å²) in [5.41, 5.74) is 4.74. The fraction of sp³-hybridized carbons (Fsp3) is 1.00. The fourth-order valence-electron chi connectivity index (χ4n) is 1.70. The summed E-state index contributed by atoms with van der Waals surface area (Å²) in [7, 11) is 0. The van der Waals surface area contributed by atoms with Crippen molar-refractivity contribution in [1.82, 2.24) is 4.90 Å². The van der Waals surface area contributed by atoms with Crippen LogP contribution < -0.4 is 5.73 Å². The number of rotatable bonds is 3. The van der Waals surface area contributed by atoms with E-state index in [4.69, 9.17) is 10.8 Å². The molecule has 0 saturated carbocycles. The van der Waals surface area contributed by atoms with Crippen molar-refractivity contribution in [3.05, 3.63) is 0 Å². The summed E-state index contributed by atoms with van der Waals surface area (Å²) >= 11 is 0. The zero-order valence-corrected chi connectivity index (χ0v) is 7.37. The molecule has 0 spiro atoms. The number of aliphatic hydroxyl groups excluding tert-OH is 1. The fourth-order valence-corrected chi connectivity index (χ4v) is 1.70. The Balaban J connectivity index is 2.39. The molecule has 0 radical (unpaired) electrons. The Morgan fingerprint density at radius 2 is 2.25 bits per heavy atom. The lowest BCUT2D eigenvalue weighted by atomic mass is 9.93. The van der Waals surface area contributed by atoms with Gasteiger partial charge in [0.15, 0.2) is 0 Å². The largest absolute Gasteiger partial charge is 0.395 e. The number of likely N-dealkylation sites (tertiary alicyclic amines) is 1. The van der Waals surface area contributed by atoms with Gasteiger partial charge in [-0.2, -0.15) is 0 Å². The van der Waals surface area contributed by atoms with Crippen LogP contribution in [0, 0.1) is 0 Å². The van der Waals surface area contributed by atoms with E-state index in [1.807, 2.05) is 0 Å². The van der Waals surface area contributed by atoms with E-state index in [0.717, 1.165) is 19.4 Å². The molecule has 1 atom stereocenters. The molecule has 0 aromatic rings. The van der Waals surface area contributed by atoms with Gasteiger partial charge in [-0.3, -0.25) is 4.90 Å². The van der Waals surface area contributed by atoms with E-state index in [1.54, 1.807) is 0 Å². The molecule has 1 fully saturated rings. The minimum Gasteiger partial charge on any atom is -0.395 e. The average Bonchev–Trinajstić information content (AvgIpc) is 2.05. The van der Waals surface area contributed by atoms with Crippen molar-refractivity contribution in [2.75, 3.05) is 32.8 Å². The maximum Gasteiger partial charge on any atom is 0.0895 e. The van der Waals surface area contributed by atoms with Gasteiger partial charge in [0, 0.05) is 19.6 Å². The van der Waals surface area contributed by atoms with Crippen molar-refractivity contribution in [1.29, 1.82) is 0 Å². The van der Waals surface area contributed by atoms with Crippen LogP contribution in [-0.4, -0.2) is 53.5 Å². The van der Waals surface area contributed by atoms with Gasteiger partial charge in [-0.05, 0) is 19.4 Å². The monoisotopic (exact) mass is 174 g/mol. The normalized spacial score (nSPS) is 32.2.